The monoisotopic (exact) mass is 208 g/mol. The molecule has 0 unspecified atom stereocenters. The van der Waals surface area contributed by atoms with Crippen molar-refractivity contribution in [2.45, 2.75) is 0 Å². The van der Waals surface area contributed by atoms with Gasteiger partial charge in [-0.3, -0.25) is 9.59 Å². The summed E-state index contributed by atoms with van der Waals surface area (Å²) >= 11 is 0. The number of carbonyl (C=O) groups excluding carboxylic acids is 2. The number of hydrogen-bond acceptors (Lipinski definition) is 4. The molecule has 0 aliphatic carbocycles. The molecule has 1 rings (SSSR count). The van der Waals surface area contributed by atoms with E-state index in [1.54, 1.807) is 4.90 Å². The van der Waals surface area contributed by atoms with Crippen LogP contribution in [0.4, 0.5) is 0 Å². The number of nitrogens with two attached hydrogens (primary N) is 1. The van der Waals surface area contributed by atoms with Crippen molar-refractivity contribution in [1.29, 1.82) is 0 Å². The molecule has 0 aromatic heterocycles. The van der Waals surface area contributed by atoms with E-state index in [-0.39, 0.29) is 36.7 Å². The van der Waals surface area contributed by atoms with Gasteiger partial charge in [0.25, 0.3) is 0 Å². The van der Waals surface area contributed by atoms with Gasteiger partial charge in [0.15, 0.2) is 0 Å². The van der Waals surface area contributed by atoms with Crippen molar-refractivity contribution in [2.24, 2.45) is 11.7 Å². The third-order valence-corrected chi connectivity index (χ3v) is 1.94. The molecule has 6 heteroatoms. The fourth-order valence-corrected chi connectivity index (χ4v) is 1.13. The zero-order chi connectivity index (χ0) is 9.14. The number of halogens is 1. The highest BCUT2D eigenvalue weighted by molar-refractivity contribution is 5.85. The quantitative estimate of drug-likeness (QED) is 0.591. The first-order valence-corrected chi connectivity index (χ1v) is 3.74. The number of carbonyl (C=O) groups is 2. The van der Waals surface area contributed by atoms with E-state index in [2.05, 4.69) is 4.74 Å². The van der Waals surface area contributed by atoms with E-state index in [0.717, 1.165) is 0 Å². The molecule has 0 bridgehead atoms. The maximum atomic E-state index is 10.9. The maximum absolute atomic E-state index is 10.9. The molecule has 1 fully saturated rings. The summed E-state index contributed by atoms with van der Waals surface area (Å²) in [5, 5.41) is 0. The molecule has 1 heterocycles. The highest BCUT2D eigenvalue weighted by Gasteiger charge is 2.35. The standard InChI is InChI=1S/C7H12N2O3.ClH/c1-12-7(11)5-3-9(4-5)6(10)2-8;/h5H,2-4,8H2,1H3;1H. The second-order valence-electron chi connectivity index (χ2n) is 2.72. The van der Waals surface area contributed by atoms with Crippen molar-refractivity contribution in [3.05, 3.63) is 0 Å². The van der Waals surface area contributed by atoms with E-state index in [1.807, 2.05) is 0 Å². The number of rotatable bonds is 2. The van der Waals surface area contributed by atoms with Crippen LogP contribution in [0.2, 0.25) is 0 Å². The van der Waals surface area contributed by atoms with Crippen molar-refractivity contribution >= 4 is 24.3 Å². The minimum absolute atomic E-state index is 0. The van der Waals surface area contributed by atoms with Crippen molar-refractivity contribution in [3.63, 3.8) is 0 Å². The Morgan fingerprint density at radius 1 is 1.54 bits per heavy atom. The van der Waals surface area contributed by atoms with Crippen LogP contribution in [-0.2, 0) is 14.3 Å². The molecule has 1 aliphatic rings. The number of nitrogens with zero attached hydrogens (tertiary/aromatic N) is 1. The van der Waals surface area contributed by atoms with Crippen molar-refractivity contribution in [2.75, 3.05) is 26.7 Å². The van der Waals surface area contributed by atoms with E-state index in [9.17, 15) is 9.59 Å². The average Bonchev–Trinajstić information content (AvgIpc) is 2.01. The Hall–Kier alpha value is -0.810. The summed E-state index contributed by atoms with van der Waals surface area (Å²) in [5.41, 5.74) is 5.13. The first-order valence-electron chi connectivity index (χ1n) is 3.74. The van der Waals surface area contributed by atoms with Gasteiger partial charge in [-0.1, -0.05) is 0 Å². The lowest BCUT2D eigenvalue weighted by atomic mass is 10.0. The van der Waals surface area contributed by atoms with E-state index in [0.29, 0.717) is 13.1 Å². The molecular weight excluding hydrogens is 196 g/mol. The molecule has 0 spiro atoms. The second kappa shape index (κ2) is 5.04. The maximum Gasteiger partial charge on any atom is 0.312 e. The van der Waals surface area contributed by atoms with Crippen molar-refractivity contribution < 1.29 is 14.3 Å². The minimum Gasteiger partial charge on any atom is -0.469 e. The smallest absolute Gasteiger partial charge is 0.312 e. The van der Waals surface area contributed by atoms with Gasteiger partial charge >= 0.3 is 5.97 Å². The summed E-state index contributed by atoms with van der Waals surface area (Å²) in [7, 11) is 1.34. The Morgan fingerprint density at radius 3 is 2.46 bits per heavy atom. The number of amides is 1. The van der Waals surface area contributed by atoms with Crippen LogP contribution in [0.5, 0.6) is 0 Å². The summed E-state index contributed by atoms with van der Waals surface area (Å²) in [4.78, 5) is 23.3. The molecular formula is C7H13ClN2O3. The normalized spacial score (nSPS) is 15.7. The molecule has 2 N–H and O–H groups in total. The largest absolute Gasteiger partial charge is 0.469 e. The van der Waals surface area contributed by atoms with Crippen LogP contribution >= 0.6 is 12.4 Å². The zero-order valence-electron chi connectivity index (χ0n) is 7.36. The topological polar surface area (TPSA) is 72.6 Å². The van der Waals surface area contributed by atoms with Gasteiger partial charge in [0.2, 0.25) is 5.91 Å². The lowest BCUT2D eigenvalue weighted by Gasteiger charge is -2.37. The first-order chi connectivity index (χ1) is 5.69. The Balaban J connectivity index is 0.00000144. The summed E-state index contributed by atoms with van der Waals surface area (Å²) in [5.74, 6) is -0.517. The minimum atomic E-state index is -0.254. The molecule has 5 nitrogen and oxygen atoms in total. The molecule has 0 atom stereocenters. The van der Waals surface area contributed by atoms with Crippen LogP contribution < -0.4 is 5.73 Å². The van der Waals surface area contributed by atoms with E-state index in [4.69, 9.17) is 5.73 Å². The predicted octanol–water partition coefficient (Wildman–Crippen LogP) is -1.00. The molecule has 1 aliphatic heterocycles. The summed E-state index contributed by atoms with van der Waals surface area (Å²) < 4.78 is 4.51. The lowest BCUT2D eigenvalue weighted by molar-refractivity contribution is -0.155. The fourth-order valence-electron chi connectivity index (χ4n) is 1.13. The van der Waals surface area contributed by atoms with Crippen LogP contribution in [0.3, 0.4) is 0 Å². The fraction of sp³-hybridized carbons (Fsp3) is 0.714. The molecule has 0 aromatic rings. The molecule has 1 amide bonds. The van der Waals surface area contributed by atoms with Gasteiger partial charge in [-0.15, -0.1) is 12.4 Å². The number of methoxy groups -OCH3 is 1. The average molecular weight is 209 g/mol. The Labute approximate surface area is 82.6 Å². The molecule has 0 saturated carbocycles. The molecule has 1 saturated heterocycles. The molecule has 0 aromatic carbocycles. The molecule has 76 valence electrons. The zero-order valence-corrected chi connectivity index (χ0v) is 8.17. The summed E-state index contributed by atoms with van der Waals surface area (Å²) in [6, 6.07) is 0. The van der Waals surface area contributed by atoms with Crippen molar-refractivity contribution in [3.8, 4) is 0 Å². The molecule has 13 heavy (non-hydrogen) atoms. The van der Waals surface area contributed by atoms with Crippen LogP contribution in [0, 0.1) is 5.92 Å². The number of hydrogen-bond donors (Lipinski definition) is 1. The van der Waals surface area contributed by atoms with Gasteiger partial charge in [-0.05, 0) is 0 Å². The third kappa shape index (κ3) is 2.57. The van der Waals surface area contributed by atoms with Crippen LogP contribution in [-0.4, -0.2) is 43.5 Å². The molecule has 0 radical (unpaired) electrons. The summed E-state index contributed by atoms with van der Waals surface area (Å²) in [6.45, 7) is 0.902. The number of likely N-dealkylation sites (tertiary alicyclic amines) is 1. The summed E-state index contributed by atoms with van der Waals surface area (Å²) in [6.07, 6.45) is 0. The first kappa shape index (κ1) is 12.2. The van der Waals surface area contributed by atoms with Gasteiger partial charge < -0.3 is 15.4 Å². The Morgan fingerprint density at radius 2 is 2.08 bits per heavy atom. The van der Waals surface area contributed by atoms with E-state index < -0.39 is 0 Å². The highest BCUT2D eigenvalue weighted by atomic mass is 35.5. The lowest BCUT2D eigenvalue weighted by Crippen LogP contribution is -2.54. The number of esters is 1. The highest BCUT2D eigenvalue weighted by Crippen LogP contribution is 2.16. The number of ether oxygens (including phenoxy) is 1. The van der Waals surface area contributed by atoms with Crippen LogP contribution in [0.25, 0.3) is 0 Å². The SMILES string of the molecule is COC(=O)C1CN(C(=O)CN)C1.Cl. The second-order valence-corrected chi connectivity index (χ2v) is 2.72. The van der Waals surface area contributed by atoms with Crippen LogP contribution in [0.1, 0.15) is 0 Å². The van der Waals surface area contributed by atoms with Gasteiger partial charge in [0, 0.05) is 13.1 Å². The predicted molar refractivity (Wildman–Crippen MR) is 48.4 cm³/mol. The van der Waals surface area contributed by atoms with Gasteiger partial charge in [0.1, 0.15) is 0 Å². The van der Waals surface area contributed by atoms with E-state index in [1.165, 1.54) is 7.11 Å². The van der Waals surface area contributed by atoms with Gasteiger partial charge in [0.05, 0.1) is 19.6 Å². The van der Waals surface area contributed by atoms with E-state index >= 15 is 0 Å². The van der Waals surface area contributed by atoms with Gasteiger partial charge in [-0.25, -0.2) is 0 Å². The Bertz CT molecular complexity index is 184. The third-order valence-electron chi connectivity index (χ3n) is 1.94. The van der Waals surface area contributed by atoms with Crippen molar-refractivity contribution in [1.82, 2.24) is 4.90 Å². The van der Waals surface area contributed by atoms with Gasteiger partial charge in [-0.2, -0.15) is 0 Å². The van der Waals surface area contributed by atoms with Crippen LogP contribution in [0.15, 0.2) is 0 Å². The Kier molecular flexibility index (Phi) is 4.72.